The highest BCUT2D eigenvalue weighted by molar-refractivity contribution is 14.1. The Morgan fingerprint density at radius 1 is 0.941 bits per heavy atom. The maximum Gasteiger partial charge on any atom is 0.113 e. The Labute approximate surface area is 219 Å². The number of hydrogen-bond donors (Lipinski definition) is 3. The van der Waals surface area contributed by atoms with Crippen molar-refractivity contribution < 1.29 is 24.8 Å². The van der Waals surface area contributed by atoms with E-state index in [0.29, 0.717) is 21.8 Å². The van der Waals surface area contributed by atoms with Gasteiger partial charge in [0.1, 0.15) is 24.4 Å². The lowest BCUT2D eigenvalue weighted by Crippen LogP contribution is -2.54. The fourth-order valence-electron chi connectivity index (χ4n) is 5.81. The molecule has 1 saturated carbocycles. The number of rotatable bonds is 5. The van der Waals surface area contributed by atoms with Crippen LogP contribution in [0.2, 0.25) is 5.02 Å². The van der Waals surface area contributed by atoms with E-state index in [9.17, 15) is 15.3 Å². The molecule has 0 amide bonds. The van der Waals surface area contributed by atoms with Crippen LogP contribution >= 0.6 is 34.2 Å². The molecule has 34 heavy (non-hydrogen) atoms. The molecular weight excluding hydrogens is 567 g/mol. The number of alkyl halides is 1. The summed E-state index contributed by atoms with van der Waals surface area (Å²) < 4.78 is 12.7. The predicted octanol–water partition coefficient (Wildman–Crippen LogP) is 4.71. The molecule has 1 spiro atoms. The summed E-state index contributed by atoms with van der Waals surface area (Å²) in [6.45, 7) is 0.815. The molecule has 2 saturated heterocycles. The first kappa shape index (κ1) is 24.9. The van der Waals surface area contributed by atoms with Gasteiger partial charge in [-0.1, -0.05) is 83.4 Å². The maximum absolute atomic E-state index is 10.6. The zero-order chi connectivity index (χ0) is 23.9. The molecule has 6 atom stereocenters. The molecule has 2 aromatic rings. The van der Waals surface area contributed by atoms with Crippen molar-refractivity contribution in [3.8, 4) is 0 Å². The number of hydrogen-bond acceptors (Lipinski definition) is 5. The van der Waals surface area contributed by atoms with Crippen LogP contribution in [0.4, 0.5) is 0 Å². The third-order valence-electron chi connectivity index (χ3n) is 7.83. The Morgan fingerprint density at radius 2 is 1.65 bits per heavy atom. The summed E-state index contributed by atoms with van der Waals surface area (Å²) in [5, 5.41) is 31.7. The minimum atomic E-state index is -1.26. The van der Waals surface area contributed by atoms with Crippen LogP contribution in [0.15, 0.2) is 42.5 Å². The van der Waals surface area contributed by atoms with Crippen molar-refractivity contribution in [2.24, 2.45) is 0 Å². The average molecular weight is 599 g/mol. The summed E-state index contributed by atoms with van der Waals surface area (Å²) in [4.78, 5) is 0. The first-order valence-corrected chi connectivity index (χ1v) is 14.1. The summed E-state index contributed by atoms with van der Waals surface area (Å²) >= 11 is 8.64. The van der Waals surface area contributed by atoms with Crippen molar-refractivity contribution >= 4 is 34.2 Å². The van der Waals surface area contributed by atoms with Crippen LogP contribution in [0.1, 0.15) is 66.4 Å². The molecule has 0 radical (unpaired) electrons. The second kappa shape index (κ2) is 10.3. The third-order valence-corrected chi connectivity index (χ3v) is 9.07. The number of benzene rings is 2. The minimum absolute atomic E-state index is 0.128. The molecular formula is C27H32ClIO5. The number of aliphatic hydroxyl groups is 3. The van der Waals surface area contributed by atoms with Crippen LogP contribution in [-0.4, -0.2) is 56.4 Å². The van der Waals surface area contributed by atoms with E-state index in [1.165, 1.54) is 31.2 Å². The number of ether oxygens (including phenoxy) is 2. The summed E-state index contributed by atoms with van der Waals surface area (Å²) in [6.07, 6.45) is 1.91. The van der Waals surface area contributed by atoms with E-state index in [0.717, 1.165) is 29.7 Å². The highest BCUT2D eigenvalue weighted by Gasteiger charge is 2.44. The Morgan fingerprint density at radius 3 is 2.35 bits per heavy atom. The molecule has 2 heterocycles. The molecule has 2 aliphatic heterocycles. The molecule has 5 nitrogen and oxygen atoms in total. The molecule has 7 heteroatoms. The number of aliphatic hydroxyl groups excluding tert-OH is 3. The smallest absolute Gasteiger partial charge is 0.113 e. The summed E-state index contributed by atoms with van der Waals surface area (Å²) in [6, 6.07) is 14.3. The highest BCUT2D eigenvalue weighted by Crippen LogP contribution is 2.46. The van der Waals surface area contributed by atoms with E-state index < -0.39 is 30.5 Å². The molecule has 1 unspecified atom stereocenters. The van der Waals surface area contributed by atoms with Gasteiger partial charge in [0.2, 0.25) is 0 Å². The quantitative estimate of drug-likeness (QED) is 0.344. The first-order valence-electron chi connectivity index (χ1n) is 12.2. The average Bonchev–Trinajstić information content (AvgIpc) is 3.49. The zero-order valence-electron chi connectivity index (χ0n) is 19.1. The molecule has 0 bridgehead atoms. The van der Waals surface area contributed by atoms with Gasteiger partial charge in [-0.05, 0) is 54.0 Å². The molecule has 3 aliphatic rings. The monoisotopic (exact) mass is 598 g/mol. The highest BCUT2D eigenvalue weighted by atomic mass is 127. The van der Waals surface area contributed by atoms with Crippen LogP contribution in [0.3, 0.4) is 0 Å². The molecule has 3 fully saturated rings. The van der Waals surface area contributed by atoms with Gasteiger partial charge in [0.25, 0.3) is 0 Å². The van der Waals surface area contributed by atoms with E-state index in [2.05, 4.69) is 46.9 Å². The normalized spacial score (nSPS) is 33.0. The SMILES string of the molecule is O[C@@H]1[C@@H](O)[C@H](c2ccc(Cl)c(Cc3ccc(C4COC5(CCCC5)C4)cc3)c2)O[C@H](CI)[C@H]1O. The van der Waals surface area contributed by atoms with E-state index >= 15 is 0 Å². The molecule has 3 N–H and O–H groups in total. The molecule has 184 valence electrons. The third kappa shape index (κ3) is 4.92. The van der Waals surface area contributed by atoms with Crippen molar-refractivity contribution in [3.63, 3.8) is 0 Å². The van der Waals surface area contributed by atoms with Gasteiger partial charge in [-0.2, -0.15) is 0 Å². The van der Waals surface area contributed by atoms with Crippen molar-refractivity contribution in [1.29, 1.82) is 0 Å². The van der Waals surface area contributed by atoms with Crippen molar-refractivity contribution in [2.45, 2.75) is 80.6 Å². The zero-order valence-corrected chi connectivity index (χ0v) is 22.0. The van der Waals surface area contributed by atoms with Crippen LogP contribution < -0.4 is 0 Å². The summed E-state index contributed by atoms with van der Waals surface area (Å²) in [5.74, 6) is 0.469. The molecule has 5 rings (SSSR count). The maximum atomic E-state index is 10.6. The van der Waals surface area contributed by atoms with Crippen LogP contribution in [0, 0.1) is 0 Å². The van der Waals surface area contributed by atoms with Crippen LogP contribution in [0.5, 0.6) is 0 Å². The minimum Gasteiger partial charge on any atom is -0.388 e. The summed E-state index contributed by atoms with van der Waals surface area (Å²) in [5.41, 5.74) is 4.30. The van der Waals surface area contributed by atoms with E-state index in [1.54, 1.807) is 0 Å². The Hall–Kier alpha value is -0.740. The van der Waals surface area contributed by atoms with Gasteiger partial charge in [0, 0.05) is 15.4 Å². The Kier molecular flexibility index (Phi) is 7.57. The number of halogens is 2. The fourth-order valence-corrected chi connectivity index (χ4v) is 6.73. The van der Waals surface area contributed by atoms with Gasteiger partial charge in [0.05, 0.1) is 18.3 Å². The summed E-state index contributed by atoms with van der Waals surface area (Å²) in [7, 11) is 0. The topological polar surface area (TPSA) is 79.2 Å². The first-order chi connectivity index (χ1) is 16.4. The van der Waals surface area contributed by atoms with Crippen molar-refractivity contribution in [2.75, 3.05) is 11.0 Å². The van der Waals surface area contributed by atoms with E-state index in [1.807, 2.05) is 18.2 Å². The fraction of sp³-hybridized carbons (Fsp3) is 0.556. The standard InChI is InChI=1S/C27H32ClIO5/c28-21-8-7-18(26-25(32)24(31)23(30)22(14-29)34-26)12-19(21)11-16-3-5-17(6-4-16)20-13-27(33-15-20)9-1-2-10-27/h3-8,12,20,22-26,30-32H,1-2,9-11,13-15H2/t20?,22-,23-,24+,25-,26+/m1/s1. The Bertz CT molecular complexity index is 991. The lowest BCUT2D eigenvalue weighted by atomic mass is 9.87. The van der Waals surface area contributed by atoms with Crippen molar-refractivity contribution in [1.82, 2.24) is 0 Å². The second-order valence-electron chi connectivity index (χ2n) is 10.1. The van der Waals surface area contributed by atoms with E-state index in [4.69, 9.17) is 21.1 Å². The lowest BCUT2D eigenvalue weighted by Gasteiger charge is -2.40. The van der Waals surface area contributed by atoms with Crippen LogP contribution in [-0.2, 0) is 15.9 Å². The molecule has 2 aromatic carbocycles. The second-order valence-corrected chi connectivity index (χ2v) is 11.4. The van der Waals surface area contributed by atoms with E-state index in [-0.39, 0.29) is 5.60 Å². The van der Waals surface area contributed by atoms with Crippen molar-refractivity contribution in [3.05, 3.63) is 69.7 Å². The van der Waals surface area contributed by atoms with Crippen LogP contribution in [0.25, 0.3) is 0 Å². The molecule has 1 aliphatic carbocycles. The van der Waals surface area contributed by atoms with Gasteiger partial charge < -0.3 is 24.8 Å². The van der Waals surface area contributed by atoms with Gasteiger partial charge in [-0.15, -0.1) is 0 Å². The largest absolute Gasteiger partial charge is 0.388 e. The Balaban J connectivity index is 1.30. The van der Waals surface area contributed by atoms with Gasteiger partial charge >= 0.3 is 0 Å². The lowest BCUT2D eigenvalue weighted by molar-refractivity contribution is -0.217. The van der Waals surface area contributed by atoms with Gasteiger partial charge in [-0.25, -0.2) is 0 Å². The predicted molar refractivity (Wildman–Crippen MR) is 140 cm³/mol. The van der Waals surface area contributed by atoms with Gasteiger partial charge in [0.15, 0.2) is 0 Å². The van der Waals surface area contributed by atoms with Gasteiger partial charge in [-0.3, -0.25) is 0 Å². The molecule has 0 aromatic heterocycles.